The van der Waals surface area contributed by atoms with Crippen LogP contribution in [-0.4, -0.2) is 34.4 Å². The van der Waals surface area contributed by atoms with E-state index in [-0.39, 0.29) is 5.60 Å². The van der Waals surface area contributed by atoms with Crippen LogP contribution in [0.1, 0.15) is 13.8 Å². The number of nitrogens with one attached hydrogen (secondary N) is 1. The minimum atomic E-state index is -0.244. The zero-order chi connectivity index (χ0) is 12.3. The Balaban J connectivity index is 2.24. The molecule has 0 unspecified atom stereocenters. The van der Waals surface area contributed by atoms with E-state index >= 15 is 0 Å². The number of fused-ring (bicyclic) bond motifs is 1. The van der Waals surface area contributed by atoms with Gasteiger partial charge in [-0.25, -0.2) is 0 Å². The third-order valence-corrected chi connectivity index (χ3v) is 2.70. The van der Waals surface area contributed by atoms with Crippen LogP contribution in [0, 0.1) is 0 Å². The van der Waals surface area contributed by atoms with Gasteiger partial charge in [0.25, 0.3) is 0 Å². The molecule has 0 aliphatic heterocycles. The number of pyridine rings is 1. The molecule has 0 atom stereocenters. The van der Waals surface area contributed by atoms with Crippen molar-refractivity contribution in [3.63, 3.8) is 0 Å². The number of nitrogens with zero attached hydrogens (tertiary/aromatic N) is 3. The SMILES string of the molecule is COC(C)(C)CNc1nncc2ccncc12. The molecule has 1 N–H and O–H groups in total. The predicted octanol–water partition coefficient (Wildman–Crippen LogP) is 1.86. The van der Waals surface area contributed by atoms with Gasteiger partial charge in [-0.05, 0) is 19.9 Å². The number of hydrogen-bond donors (Lipinski definition) is 1. The average molecular weight is 232 g/mol. The zero-order valence-electron chi connectivity index (χ0n) is 10.3. The molecule has 5 heteroatoms. The van der Waals surface area contributed by atoms with Gasteiger partial charge in [-0.1, -0.05) is 0 Å². The fourth-order valence-corrected chi connectivity index (χ4v) is 1.42. The Kier molecular flexibility index (Phi) is 3.19. The molecule has 17 heavy (non-hydrogen) atoms. The monoisotopic (exact) mass is 232 g/mol. The van der Waals surface area contributed by atoms with Gasteiger partial charge < -0.3 is 10.1 Å². The maximum Gasteiger partial charge on any atom is 0.158 e. The van der Waals surface area contributed by atoms with Crippen LogP contribution in [0.5, 0.6) is 0 Å². The zero-order valence-corrected chi connectivity index (χ0v) is 10.3. The Morgan fingerprint density at radius 3 is 2.94 bits per heavy atom. The summed E-state index contributed by atoms with van der Waals surface area (Å²) in [6.45, 7) is 4.68. The molecule has 0 aliphatic carbocycles. The van der Waals surface area contributed by atoms with Crippen molar-refractivity contribution in [2.45, 2.75) is 19.4 Å². The highest BCUT2D eigenvalue weighted by Crippen LogP contribution is 2.19. The van der Waals surface area contributed by atoms with Crippen molar-refractivity contribution in [1.82, 2.24) is 15.2 Å². The van der Waals surface area contributed by atoms with Crippen molar-refractivity contribution in [1.29, 1.82) is 0 Å². The molecular weight excluding hydrogens is 216 g/mol. The summed E-state index contributed by atoms with van der Waals surface area (Å²) in [5.41, 5.74) is -0.244. The first-order valence-electron chi connectivity index (χ1n) is 5.47. The largest absolute Gasteiger partial charge is 0.377 e. The minimum Gasteiger partial charge on any atom is -0.377 e. The lowest BCUT2D eigenvalue weighted by atomic mass is 10.1. The molecule has 2 aromatic heterocycles. The number of hydrogen-bond acceptors (Lipinski definition) is 5. The van der Waals surface area contributed by atoms with Crippen LogP contribution in [0.15, 0.2) is 24.7 Å². The molecule has 90 valence electrons. The molecule has 2 aromatic rings. The van der Waals surface area contributed by atoms with Crippen molar-refractivity contribution < 1.29 is 4.74 Å². The highest BCUT2D eigenvalue weighted by molar-refractivity contribution is 5.89. The van der Waals surface area contributed by atoms with Gasteiger partial charge in [0.1, 0.15) is 0 Å². The van der Waals surface area contributed by atoms with Crippen molar-refractivity contribution >= 4 is 16.6 Å². The fraction of sp³-hybridized carbons (Fsp3) is 0.417. The summed E-state index contributed by atoms with van der Waals surface area (Å²) in [6.07, 6.45) is 5.25. The van der Waals surface area contributed by atoms with Crippen LogP contribution in [0.3, 0.4) is 0 Å². The summed E-state index contributed by atoms with van der Waals surface area (Å²) in [5.74, 6) is 0.737. The molecule has 0 aliphatic rings. The third-order valence-electron chi connectivity index (χ3n) is 2.70. The summed E-state index contributed by atoms with van der Waals surface area (Å²) in [5, 5.41) is 13.3. The maximum atomic E-state index is 5.35. The van der Waals surface area contributed by atoms with E-state index in [0.29, 0.717) is 6.54 Å². The minimum absolute atomic E-state index is 0.244. The Bertz CT molecular complexity index is 507. The summed E-state index contributed by atoms with van der Waals surface area (Å²) >= 11 is 0. The smallest absolute Gasteiger partial charge is 0.158 e. The van der Waals surface area contributed by atoms with E-state index < -0.39 is 0 Å². The van der Waals surface area contributed by atoms with Gasteiger partial charge in [-0.3, -0.25) is 4.98 Å². The number of aromatic nitrogens is 3. The molecule has 0 aromatic carbocycles. The second kappa shape index (κ2) is 4.63. The summed E-state index contributed by atoms with van der Waals surface area (Å²) in [4.78, 5) is 4.10. The van der Waals surface area contributed by atoms with Gasteiger partial charge in [0.15, 0.2) is 5.82 Å². The van der Waals surface area contributed by atoms with Gasteiger partial charge in [-0.15, -0.1) is 5.10 Å². The summed E-state index contributed by atoms with van der Waals surface area (Å²) in [7, 11) is 1.69. The molecule has 0 saturated heterocycles. The third kappa shape index (κ3) is 2.68. The van der Waals surface area contributed by atoms with E-state index in [1.165, 1.54) is 0 Å². The Morgan fingerprint density at radius 1 is 1.35 bits per heavy atom. The molecule has 2 heterocycles. The quantitative estimate of drug-likeness (QED) is 0.871. The first-order valence-corrected chi connectivity index (χ1v) is 5.47. The Morgan fingerprint density at radius 2 is 2.18 bits per heavy atom. The van der Waals surface area contributed by atoms with Gasteiger partial charge in [0.2, 0.25) is 0 Å². The van der Waals surface area contributed by atoms with Crippen molar-refractivity contribution in [2.75, 3.05) is 19.0 Å². The van der Waals surface area contributed by atoms with E-state index in [9.17, 15) is 0 Å². The van der Waals surface area contributed by atoms with Crippen molar-refractivity contribution in [2.24, 2.45) is 0 Å². The van der Waals surface area contributed by atoms with Crippen LogP contribution in [-0.2, 0) is 4.74 Å². The number of anilines is 1. The average Bonchev–Trinajstić information content (AvgIpc) is 2.36. The highest BCUT2D eigenvalue weighted by atomic mass is 16.5. The molecule has 5 nitrogen and oxygen atoms in total. The predicted molar refractivity (Wildman–Crippen MR) is 66.9 cm³/mol. The molecular formula is C12H16N4O. The molecule has 0 amide bonds. The molecule has 0 radical (unpaired) electrons. The second-order valence-corrected chi connectivity index (χ2v) is 4.47. The van der Waals surface area contributed by atoms with Crippen molar-refractivity contribution in [3.8, 4) is 0 Å². The van der Waals surface area contributed by atoms with Gasteiger partial charge >= 0.3 is 0 Å². The topological polar surface area (TPSA) is 59.9 Å². The van der Waals surface area contributed by atoms with E-state index in [0.717, 1.165) is 16.6 Å². The van der Waals surface area contributed by atoms with Gasteiger partial charge in [0.05, 0.1) is 11.8 Å². The first kappa shape index (κ1) is 11.7. The number of methoxy groups -OCH3 is 1. The lowest BCUT2D eigenvalue weighted by molar-refractivity contribution is 0.0343. The van der Waals surface area contributed by atoms with Crippen LogP contribution < -0.4 is 5.32 Å². The fourth-order valence-electron chi connectivity index (χ4n) is 1.42. The van der Waals surface area contributed by atoms with E-state index in [2.05, 4.69) is 20.5 Å². The van der Waals surface area contributed by atoms with E-state index in [1.54, 1.807) is 25.7 Å². The molecule has 2 rings (SSSR count). The normalized spacial score (nSPS) is 11.7. The lowest BCUT2D eigenvalue weighted by Crippen LogP contribution is -2.32. The number of ether oxygens (including phenoxy) is 1. The van der Waals surface area contributed by atoms with Gasteiger partial charge in [0, 0.05) is 36.8 Å². The lowest BCUT2D eigenvalue weighted by Gasteiger charge is -2.23. The van der Waals surface area contributed by atoms with Crippen LogP contribution >= 0.6 is 0 Å². The van der Waals surface area contributed by atoms with Crippen LogP contribution in [0.2, 0.25) is 0 Å². The highest BCUT2D eigenvalue weighted by Gasteiger charge is 2.16. The molecule has 0 bridgehead atoms. The summed E-state index contributed by atoms with van der Waals surface area (Å²) < 4.78 is 5.35. The molecule has 0 saturated carbocycles. The second-order valence-electron chi connectivity index (χ2n) is 4.47. The number of rotatable bonds is 4. The Hall–Kier alpha value is -1.75. The summed E-state index contributed by atoms with van der Waals surface area (Å²) in [6, 6.07) is 1.91. The van der Waals surface area contributed by atoms with Gasteiger partial charge in [-0.2, -0.15) is 5.10 Å². The van der Waals surface area contributed by atoms with Crippen LogP contribution in [0.25, 0.3) is 10.8 Å². The van der Waals surface area contributed by atoms with Crippen LogP contribution in [0.4, 0.5) is 5.82 Å². The van der Waals surface area contributed by atoms with E-state index in [1.807, 2.05) is 19.9 Å². The molecule has 0 spiro atoms. The van der Waals surface area contributed by atoms with Crippen molar-refractivity contribution in [3.05, 3.63) is 24.7 Å². The standard InChI is InChI=1S/C12H16N4O/c1-12(2,17-3)8-14-11-10-7-13-5-4-9(10)6-15-16-11/h4-7H,8H2,1-3H3,(H,14,16). The van der Waals surface area contributed by atoms with E-state index in [4.69, 9.17) is 4.74 Å². The maximum absolute atomic E-state index is 5.35. The first-order chi connectivity index (χ1) is 8.12. The molecule has 0 fully saturated rings. The Labute approximate surface area is 100 Å².